The quantitative estimate of drug-likeness (QED) is 0.816. The largest absolute Gasteiger partial charge is 0.369 e. The zero-order chi connectivity index (χ0) is 15.2. The number of rotatable bonds is 5. The lowest BCUT2D eigenvalue weighted by atomic mass is 9.93. The van der Waals surface area contributed by atoms with Crippen LogP contribution < -0.4 is 10.2 Å². The van der Waals surface area contributed by atoms with Crippen molar-refractivity contribution in [3.63, 3.8) is 0 Å². The van der Waals surface area contributed by atoms with Crippen LogP contribution in [0.3, 0.4) is 0 Å². The predicted octanol–water partition coefficient (Wildman–Crippen LogP) is 3.88. The summed E-state index contributed by atoms with van der Waals surface area (Å²) in [7, 11) is 0. The number of aryl methyl sites for hydroxylation is 1. The highest BCUT2D eigenvalue weighted by Crippen LogP contribution is 2.32. The minimum Gasteiger partial charge on any atom is -0.369 e. The summed E-state index contributed by atoms with van der Waals surface area (Å²) in [6.07, 6.45) is 5.84. The number of carbonyl (C=O) groups is 1. The summed E-state index contributed by atoms with van der Waals surface area (Å²) in [6.45, 7) is 4.82. The Kier molecular flexibility index (Phi) is 6.03. The Morgan fingerprint density at radius 1 is 1.38 bits per heavy atom. The van der Waals surface area contributed by atoms with Gasteiger partial charge in [-0.15, -0.1) is 0 Å². The van der Waals surface area contributed by atoms with Crippen LogP contribution in [-0.2, 0) is 4.79 Å². The topological polar surface area (TPSA) is 45.2 Å². The molecule has 0 radical (unpaired) electrons. The van der Waals surface area contributed by atoms with Gasteiger partial charge < -0.3 is 10.2 Å². The number of nitrogens with one attached hydrogen (secondary N) is 1. The molecule has 0 saturated heterocycles. The van der Waals surface area contributed by atoms with Gasteiger partial charge in [0, 0.05) is 18.3 Å². The Labute approximate surface area is 135 Å². The third kappa shape index (κ3) is 3.96. The minimum absolute atomic E-state index is 0.117. The summed E-state index contributed by atoms with van der Waals surface area (Å²) in [5.74, 6) is 0.934. The zero-order valence-electron chi connectivity index (χ0n) is 12.9. The SMILES string of the molecule is CCNc1nc(C)ccc1N(C(=O)CBr)C1CCCCC1. The molecule has 1 aliphatic carbocycles. The highest BCUT2D eigenvalue weighted by Gasteiger charge is 2.28. The van der Waals surface area contributed by atoms with E-state index < -0.39 is 0 Å². The van der Waals surface area contributed by atoms with Crippen LogP contribution >= 0.6 is 15.9 Å². The van der Waals surface area contributed by atoms with E-state index in [4.69, 9.17) is 0 Å². The maximum Gasteiger partial charge on any atom is 0.238 e. The third-order valence-electron chi connectivity index (χ3n) is 3.94. The first-order valence-electron chi connectivity index (χ1n) is 7.77. The second kappa shape index (κ2) is 7.78. The summed E-state index contributed by atoms with van der Waals surface area (Å²) in [6, 6.07) is 4.30. The molecule has 1 fully saturated rings. The summed E-state index contributed by atoms with van der Waals surface area (Å²) >= 11 is 3.33. The molecule has 0 atom stereocenters. The van der Waals surface area contributed by atoms with Crippen molar-refractivity contribution in [1.29, 1.82) is 0 Å². The van der Waals surface area contributed by atoms with E-state index in [1.807, 2.05) is 30.9 Å². The number of hydrogen-bond acceptors (Lipinski definition) is 3. The molecule has 5 heteroatoms. The van der Waals surface area contributed by atoms with Crippen LogP contribution in [0, 0.1) is 6.92 Å². The van der Waals surface area contributed by atoms with E-state index in [0.717, 1.165) is 36.6 Å². The molecule has 1 amide bonds. The monoisotopic (exact) mass is 353 g/mol. The van der Waals surface area contributed by atoms with Crippen molar-refractivity contribution < 1.29 is 4.79 Å². The molecule has 1 saturated carbocycles. The Bertz CT molecular complexity index is 486. The van der Waals surface area contributed by atoms with Crippen molar-refractivity contribution in [2.75, 3.05) is 22.1 Å². The van der Waals surface area contributed by atoms with E-state index in [1.54, 1.807) is 0 Å². The number of pyridine rings is 1. The van der Waals surface area contributed by atoms with Gasteiger partial charge in [-0.05, 0) is 38.8 Å². The van der Waals surface area contributed by atoms with Crippen LogP contribution in [0.25, 0.3) is 0 Å². The minimum atomic E-state index is 0.117. The molecular formula is C16H24BrN3O. The smallest absolute Gasteiger partial charge is 0.238 e. The van der Waals surface area contributed by atoms with Gasteiger partial charge in [0.15, 0.2) is 0 Å². The number of halogens is 1. The van der Waals surface area contributed by atoms with Gasteiger partial charge in [-0.3, -0.25) is 4.79 Å². The number of aromatic nitrogens is 1. The van der Waals surface area contributed by atoms with Crippen LogP contribution in [0.2, 0.25) is 0 Å². The average Bonchev–Trinajstić information content (AvgIpc) is 2.51. The highest BCUT2D eigenvalue weighted by atomic mass is 79.9. The van der Waals surface area contributed by atoms with Crippen LogP contribution in [0.15, 0.2) is 12.1 Å². The molecular weight excluding hydrogens is 330 g/mol. The van der Waals surface area contributed by atoms with E-state index >= 15 is 0 Å². The zero-order valence-corrected chi connectivity index (χ0v) is 14.4. The van der Waals surface area contributed by atoms with E-state index in [0.29, 0.717) is 11.4 Å². The molecule has 1 N–H and O–H groups in total. The van der Waals surface area contributed by atoms with Gasteiger partial charge in [0.05, 0.1) is 11.0 Å². The van der Waals surface area contributed by atoms with E-state index in [-0.39, 0.29) is 5.91 Å². The molecule has 21 heavy (non-hydrogen) atoms. The summed E-state index contributed by atoms with van der Waals surface area (Å²) in [4.78, 5) is 19.0. The maximum absolute atomic E-state index is 12.5. The van der Waals surface area contributed by atoms with Gasteiger partial charge in [-0.1, -0.05) is 35.2 Å². The fourth-order valence-corrected chi connectivity index (χ4v) is 3.25. The molecule has 4 nitrogen and oxygen atoms in total. The molecule has 1 aliphatic rings. The summed E-state index contributed by atoms with van der Waals surface area (Å²) in [5, 5.41) is 3.65. The Hall–Kier alpha value is -1.10. The lowest BCUT2D eigenvalue weighted by Crippen LogP contribution is -2.42. The van der Waals surface area contributed by atoms with Gasteiger partial charge in [0.1, 0.15) is 5.82 Å². The van der Waals surface area contributed by atoms with Crippen LogP contribution in [0.1, 0.15) is 44.7 Å². The van der Waals surface area contributed by atoms with Gasteiger partial charge in [-0.25, -0.2) is 4.98 Å². The molecule has 1 aromatic heterocycles. The molecule has 2 rings (SSSR count). The van der Waals surface area contributed by atoms with Gasteiger partial charge >= 0.3 is 0 Å². The van der Waals surface area contributed by atoms with Crippen molar-refractivity contribution in [2.45, 2.75) is 52.0 Å². The second-order valence-corrected chi connectivity index (χ2v) is 6.10. The lowest BCUT2D eigenvalue weighted by Gasteiger charge is -2.35. The van der Waals surface area contributed by atoms with Crippen molar-refractivity contribution in [3.05, 3.63) is 17.8 Å². The second-order valence-electron chi connectivity index (χ2n) is 5.54. The highest BCUT2D eigenvalue weighted by molar-refractivity contribution is 9.09. The lowest BCUT2D eigenvalue weighted by molar-refractivity contribution is -0.116. The average molecular weight is 354 g/mol. The summed E-state index contributed by atoms with van der Waals surface area (Å²) in [5.41, 5.74) is 1.88. The van der Waals surface area contributed by atoms with Crippen molar-refractivity contribution >= 4 is 33.3 Å². The summed E-state index contributed by atoms with van der Waals surface area (Å²) < 4.78 is 0. The van der Waals surface area contributed by atoms with E-state index in [2.05, 4.69) is 26.2 Å². The third-order valence-corrected chi connectivity index (χ3v) is 4.42. The standard InChI is InChI=1S/C16H24BrN3O/c1-3-18-16-14(10-9-12(2)19-16)20(15(21)11-17)13-7-5-4-6-8-13/h9-10,13H,3-8,11H2,1-2H3,(H,18,19). The molecule has 0 aliphatic heterocycles. The van der Waals surface area contributed by atoms with Crippen molar-refractivity contribution in [2.24, 2.45) is 0 Å². The molecule has 1 heterocycles. The van der Waals surface area contributed by atoms with E-state index in [1.165, 1.54) is 19.3 Å². The van der Waals surface area contributed by atoms with Gasteiger partial charge in [0.25, 0.3) is 0 Å². The van der Waals surface area contributed by atoms with Crippen molar-refractivity contribution in [1.82, 2.24) is 4.98 Å². The first-order chi connectivity index (χ1) is 10.2. The normalized spacial score (nSPS) is 15.8. The van der Waals surface area contributed by atoms with Gasteiger partial charge in [0.2, 0.25) is 5.91 Å². The molecule has 0 unspecified atom stereocenters. The number of alkyl halides is 1. The van der Waals surface area contributed by atoms with Crippen molar-refractivity contribution in [3.8, 4) is 0 Å². The Morgan fingerprint density at radius 3 is 2.71 bits per heavy atom. The van der Waals surface area contributed by atoms with Crippen LogP contribution in [0.5, 0.6) is 0 Å². The van der Waals surface area contributed by atoms with Crippen LogP contribution in [0.4, 0.5) is 11.5 Å². The number of carbonyl (C=O) groups excluding carboxylic acids is 1. The van der Waals surface area contributed by atoms with E-state index in [9.17, 15) is 4.79 Å². The maximum atomic E-state index is 12.5. The fraction of sp³-hybridized carbons (Fsp3) is 0.625. The number of hydrogen-bond donors (Lipinski definition) is 1. The molecule has 0 bridgehead atoms. The fourth-order valence-electron chi connectivity index (χ4n) is 2.98. The predicted molar refractivity (Wildman–Crippen MR) is 91.3 cm³/mol. The first-order valence-corrected chi connectivity index (χ1v) is 8.89. The first kappa shape index (κ1) is 16.3. The molecule has 116 valence electrons. The molecule has 0 spiro atoms. The number of amides is 1. The van der Waals surface area contributed by atoms with Crippen LogP contribution in [-0.4, -0.2) is 28.8 Å². The molecule has 1 aromatic rings. The number of nitrogens with zero attached hydrogens (tertiary/aromatic N) is 2. The molecule has 0 aromatic carbocycles. The Morgan fingerprint density at radius 2 is 2.10 bits per heavy atom. The van der Waals surface area contributed by atoms with Gasteiger partial charge in [-0.2, -0.15) is 0 Å². The number of anilines is 2. The Balaban J connectivity index is 2.37.